The Balaban J connectivity index is 1.77. The van der Waals surface area contributed by atoms with Gasteiger partial charge in [0, 0.05) is 18.0 Å². The van der Waals surface area contributed by atoms with E-state index < -0.39 is 9.84 Å². The van der Waals surface area contributed by atoms with E-state index in [0.717, 1.165) is 16.8 Å². The summed E-state index contributed by atoms with van der Waals surface area (Å²) in [6.45, 7) is 3.80. The van der Waals surface area contributed by atoms with Gasteiger partial charge in [0.15, 0.2) is 0 Å². The van der Waals surface area contributed by atoms with Crippen LogP contribution in [0.15, 0.2) is 87.9 Å². The van der Waals surface area contributed by atoms with Crippen molar-refractivity contribution in [2.24, 2.45) is 5.10 Å². The minimum Gasteiger partial charge on any atom is -0.278 e. The summed E-state index contributed by atoms with van der Waals surface area (Å²) in [5.74, 6) is 0. The van der Waals surface area contributed by atoms with Crippen molar-refractivity contribution in [3.8, 4) is 0 Å². The van der Waals surface area contributed by atoms with Crippen molar-refractivity contribution in [3.63, 3.8) is 0 Å². The number of benzene rings is 2. The molecule has 0 unspecified atom stereocenters. The Bertz CT molecular complexity index is 1010. The molecule has 1 N–H and O–H groups in total. The van der Waals surface area contributed by atoms with Crippen LogP contribution in [0.3, 0.4) is 0 Å². The molecule has 3 rings (SSSR count). The lowest BCUT2D eigenvalue weighted by molar-refractivity contribution is 0.596. The number of hydrogen-bond acceptors (Lipinski definition) is 5. The fourth-order valence-electron chi connectivity index (χ4n) is 2.35. The van der Waals surface area contributed by atoms with Gasteiger partial charge in [0.25, 0.3) is 0 Å². The second-order valence-electron chi connectivity index (χ2n) is 5.89. The highest BCUT2D eigenvalue weighted by Gasteiger charge is 2.17. The van der Waals surface area contributed by atoms with Gasteiger partial charge in [-0.15, -0.1) is 0 Å². The van der Waals surface area contributed by atoms with Gasteiger partial charge in [-0.3, -0.25) is 10.4 Å². The number of hydrogen-bond donors (Lipinski definition) is 1. The molecule has 0 bridgehead atoms. The van der Waals surface area contributed by atoms with Gasteiger partial charge in [-0.25, -0.2) is 8.42 Å². The Morgan fingerprint density at radius 3 is 2.15 bits per heavy atom. The Labute approximate surface area is 153 Å². The number of nitrogens with one attached hydrogen (secondary N) is 1. The van der Waals surface area contributed by atoms with Gasteiger partial charge in [0.1, 0.15) is 0 Å². The van der Waals surface area contributed by atoms with Crippen LogP contribution >= 0.6 is 0 Å². The summed E-state index contributed by atoms with van der Waals surface area (Å²) in [6.07, 6.45) is 3.44. The van der Waals surface area contributed by atoms with Crippen LogP contribution in [0.1, 0.15) is 18.1 Å². The van der Waals surface area contributed by atoms with Crippen LogP contribution in [0.2, 0.25) is 0 Å². The summed E-state index contributed by atoms with van der Waals surface area (Å²) in [7, 11) is -3.52. The molecular formula is C20H19N3O2S. The lowest BCUT2D eigenvalue weighted by Crippen LogP contribution is -2.03. The molecule has 2 aromatic carbocycles. The predicted octanol–water partition coefficient (Wildman–Crippen LogP) is 4.06. The molecule has 1 aromatic heterocycles. The Morgan fingerprint density at radius 2 is 1.58 bits per heavy atom. The van der Waals surface area contributed by atoms with E-state index in [9.17, 15) is 8.42 Å². The van der Waals surface area contributed by atoms with Crippen molar-refractivity contribution in [1.82, 2.24) is 4.98 Å². The largest absolute Gasteiger partial charge is 0.278 e. The third-order valence-electron chi connectivity index (χ3n) is 3.93. The van der Waals surface area contributed by atoms with Crippen LogP contribution in [0.25, 0.3) is 0 Å². The third-order valence-corrected chi connectivity index (χ3v) is 5.71. The van der Waals surface area contributed by atoms with E-state index in [1.165, 1.54) is 0 Å². The average Bonchev–Trinajstić information content (AvgIpc) is 2.67. The Hall–Kier alpha value is -2.99. The summed E-state index contributed by atoms with van der Waals surface area (Å²) in [5, 5.41) is 4.30. The maximum atomic E-state index is 12.7. The van der Waals surface area contributed by atoms with Gasteiger partial charge < -0.3 is 0 Å². The fraction of sp³-hybridized carbons (Fsp3) is 0.100. The lowest BCUT2D eigenvalue weighted by Gasteiger charge is -2.07. The molecular weight excluding hydrogens is 346 g/mol. The van der Waals surface area contributed by atoms with Crippen molar-refractivity contribution in [1.29, 1.82) is 0 Å². The average molecular weight is 365 g/mol. The van der Waals surface area contributed by atoms with Gasteiger partial charge in [-0.1, -0.05) is 23.8 Å². The molecule has 0 fully saturated rings. The van der Waals surface area contributed by atoms with Crippen molar-refractivity contribution in [3.05, 3.63) is 84.2 Å². The summed E-state index contributed by atoms with van der Waals surface area (Å²) < 4.78 is 25.3. The molecule has 3 aromatic rings. The number of aromatic nitrogens is 1. The highest BCUT2D eigenvalue weighted by atomic mass is 32.2. The quantitative estimate of drug-likeness (QED) is 0.547. The highest BCUT2D eigenvalue weighted by molar-refractivity contribution is 7.91. The first kappa shape index (κ1) is 17.8. The summed E-state index contributed by atoms with van der Waals surface area (Å²) in [5.41, 5.74) is 6.36. The molecule has 1 heterocycles. The molecule has 26 heavy (non-hydrogen) atoms. The second-order valence-corrected chi connectivity index (χ2v) is 7.84. The Kier molecular flexibility index (Phi) is 5.14. The molecule has 132 valence electrons. The maximum absolute atomic E-state index is 12.7. The van der Waals surface area contributed by atoms with Gasteiger partial charge in [0.2, 0.25) is 9.84 Å². The first-order valence-corrected chi connectivity index (χ1v) is 9.58. The van der Waals surface area contributed by atoms with Crippen molar-refractivity contribution in [2.45, 2.75) is 23.6 Å². The van der Waals surface area contributed by atoms with Crippen LogP contribution in [0.4, 0.5) is 5.69 Å². The second kappa shape index (κ2) is 7.49. The number of pyridine rings is 1. The normalized spacial score (nSPS) is 12.0. The van der Waals surface area contributed by atoms with E-state index in [1.54, 1.807) is 60.9 Å². The van der Waals surface area contributed by atoms with Crippen LogP contribution in [-0.4, -0.2) is 19.1 Å². The Morgan fingerprint density at radius 1 is 0.962 bits per heavy atom. The minimum absolute atomic E-state index is 0.250. The number of anilines is 1. The number of nitrogens with zero attached hydrogens (tertiary/aromatic N) is 2. The van der Waals surface area contributed by atoms with Gasteiger partial charge in [-0.05, 0) is 56.3 Å². The lowest BCUT2D eigenvalue weighted by atomic mass is 10.2. The zero-order valence-corrected chi connectivity index (χ0v) is 15.4. The zero-order chi connectivity index (χ0) is 18.6. The number of aryl methyl sites for hydroxylation is 1. The van der Waals surface area contributed by atoms with Crippen molar-refractivity contribution in [2.75, 3.05) is 5.43 Å². The molecule has 0 saturated heterocycles. The zero-order valence-electron chi connectivity index (χ0n) is 14.5. The van der Waals surface area contributed by atoms with Crippen LogP contribution < -0.4 is 5.43 Å². The third kappa shape index (κ3) is 3.97. The van der Waals surface area contributed by atoms with E-state index in [2.05, 4.69) is 15.5 Å². The SMILES string of the molecule is C/C(=N/Nc1ccc(S(=O)(=O)c2ccc(C)cc2)cc1)c1cccnc1. The van der Waals surface area contributed by atoms with Gasteiger partial charge in [-0.2, -0.15) is 5.10 Å². The molecule has 0 atom stereocenters. The van der Waals surface area contributed by atoms with E-state index in [-0.39, 0.29) is 9.79 Å². The molecule has 0 spiro atoms. The predicted molar refractivity (Wildman–Crippen MR) is 103 cm³/mol. The fourth-order valence-corrected chi connectivity index (χ4v) is 3.61. The topological polar surface area (TPSA) is 71.4 Å². The molecule has 0 aliphatic heterocycles. The highest BCUT2D eigenvalue weighted by Crippen LogP contribution is 2.22. The van der Waals surface area contributed by atoms with E-state index in [0.29, 0.717) is 5.69 Å². The first-order valence-electron chi connectivity index (χ1n) is 8.09. The molecule has 0 radical (unpaired) electrons. The first-order chi connectivity index (χ1) is 12.5. The summed E-state index contributed by atoms with van der Waals surface area (Å²) >= 11 is 0. The monoisotopic (exact) mass is 365 g/mol. The molecule has 5 nitrogen and oxygen atoms in total. The van der Waals surface area contributed by atoms with Crippen LogP contribution in [0.5, 0.6) is 0 Å². The maximum Gasteiger partial charge on any atom is 0.206 e. The van der Waals surface area contributed by atoms with Crippen molar-refractivity contribution < 1.29 is 8.42 Å². The molecule has 0 amide bonds. The van der Waals surface area contributed by atoms with E-state index in [1.807, 2.05) is 26.0 Å². The standard InChI is InChI=1S/C20H19N3O2S/c1-15-5-9-19(10-6-15)26(24,25)20-11-7-18(8-12-20)23-22-16(2)17-4-3-13-21-14-17/h3-14,23H,1-2H3/b22-16-. The van der Waals surface area contributed by atoms with Gasteiger partial charge >= 0.3 is 0 Å². The number of rotatable bonds is 5. The van der Waals surface area contributed by atoms with Crippen LogP contribution in [-0.2, 0) is 9.84 Å². The smallest absolute Gasteiger partial charge is 0.206 e. The summed E-state index contributed by atoms with van der Waals surface area (Å²) in [4.78, 5) is 4.59. The molecule has 0 saturated carbocycles. The number of hydrazone groups is 1. The van der Waals surface area contributed by atoms with Gasteiger partial charge in [0.05, 0.1) is 21.2 Å². The minimum atomic E-state index is -3.52. The molecule has 6 heteroatoms. The molecule has 0 aliphatic rings. The molecule has 0 aliphatic carbocycles. The van der Waals surface area contributed by atoms with Crippen LogP contribution in [0, 0.1) is 6.92 Å². The summed E-state index contributed by atoms with van der Waals surface area (Å²) in [6, 6.07) is 17.1. The van der Waals surface area contributed by atoms with Crippen molar-refractivity contribution >= 4 is 21.2 Å². The van der Waals surface area contributed by atoms with E-state index >= 15 is 0 Å². The van der Waals surface area contributed by atoms with E-state index in [4.69, 9.17) is 0 Å². The number of sulfone groups is 1.